The second-order valence-corrected chi connectivity index (χ2v) is 4.40. The summed E-state index contributed by atoms with van der Waals surface area (Å²) in [5.74, 6) is 0. The van der Waals surface area contributed by atoms with Crippen LogP contribution in [0.3, 0.4) is 0 Å². The van der Waals surface area contributed by atoms with Gasteiger partial charge in [-0.05, 0) is 41.1 Å². The second-order valence-electron chi connectivity index (χ2n) is 3.59. The van der Waals surface area contributed by atoms with Crippen molar-refractivity contribution in [2.75, 3.05) is 0 Å². The molecule has 0 aliphatic heterocycles. The van der Waals surface area contributed by atoms with E-state index in [1.165, 1.54) is 0 Å². The molecule has 0 bridgehead atoms. The van der Waals surface area contributed by atoms with E-state index in [1.807, 2.05) is 49.4 Å². The number of hydrogen-bond acceptors (Lipinski definition) is 2. The van der Waals surface area contributed by atoms with Gasteiger partial charge in [-0.25, -0.2) is 4.98 Å². The molecule has 1 N–H and O–H groups in total. The van der Waals surface area contributed by atoms with E-state index in [9.17, 15) is 0 Å². The second kappa shape index (κ2) is 4.58. The van der Waals surface area contributed by atoms with Gasteiger partial charge in [-0.15, -0.1) is 0 Å². The molecule has 2 aromatic rings. The van der Waals surface area contributed by atoms with Crippen LogP contribution in [0.2, 0.25) is 0 Å². The highest BCUT2D eigenvalue weighted by atomic mass is 79.9. The number of pyridine rings is 1. The molecule has 0 saturated heterocycles. The van der Waals surface area contributed by atoms with E-state index in [-0.39, 0.29) is 0 Å². The molecule has 1 aromatic carbocycles. The number of nitrogens with zero attached hydrogens (tertiary/aromatic N) is 1. The van der Waals surface area contributed by atoms with Crippen LogP contribution in [0.4, 0.5) is 0 Å². The summed E-state index contributed by atoms with van der Waals surface area (Å²) in [5, 5.41) is 8.08. The summed E-state index contributed by atoms with van der Waals surface area (Å²) in [6.45, 7) is 2.02. The Labute approximate surface area is 103 Å². The third-order valence-electron chi connectivity index (χ3n) is 2.28. The average molecular weight is 275 g/mol. The van der Waals surface area contributed by atoms with E-state index in [1.54, 1.807) is 0 Å². The first-order valence-electron chi connectivity index (χ1n) is 4.95. The Kier molecular flexibility index (Phi) is 3.15. The molecular formula is C13H11BrN2. The van der Waals surface area contributed by atoms with E-state index >= 15 is 0 Å². The molecule has 0 amide bonds. The van der Waals surface area contributed by atoms with E-state index in [0.717, 1.165) is 15.7 Å². The highest BCUT2D eigenvalue weighted by Crippen LogP contribution is 2.12. The number of nitrogens with one attached hydrogen (secondary N) is 1. The topological polar surface area (TPSA) is 36.7 Å². The minimum atomic E-state index is 0.449. The van der Waals surface area contributed by atoms with Crippen LogP contribution in [0.1, 0.15) is 16.8 Å². The summed E-state index contributed by atoms with van der Waals surface area (Å²) < 4.78 is 0.752. The maximum Gasteiger partial charge on any atom is 0.106 e. The van der Waals surface area contributed by atoms with Gasteiger partial charge in [-0.3, -0.25) is 5.41 Å². The van der Waals surface area contributed by atoms with Crippen molar-refractivity contribution in [3.63, 3.8) is 0 Å². The highest BCUT2D eigenvalue weighted by Gasteiger charge is 2.06. The Morgan fingerprint density at radius 1 is 1.19 bits per heavy atom. The van der Waals surface area contributed by atoms with Gasteiger partial charge < -0.3 is 0 Å². The summed E-state index contributed by atoms with van der Waals surface area (Å²) in [6.07, 6.45) is 0. The first-order chi connectivity index (χ1) is 7.66. The number of benzene rings is 1. The van der Waals surface area contributed by atoms with E-state index in [2.05, 4.69) is 20.9 Å². The summed E-state index contributed by atoms with van der Waals surface area (Å²) in [5.41, 5.74) is 3.17. The van der Waals surface area contributed by atoms with E-state index in [4.69, 9.17) is 5.41 Å². The van der Waals surface area contributed by atoms with E-state index in [0.29, 0.717) is 11.4 Å². The Morgan fingerprint density at radius 3 is 2.62 bits per heavy atom. The molecule has 1 heterocycles. The Hall–Kier alpha value is -1.48. The predicted molar refractivity (Wildman–Crippen MR) is 69.0 cm³/mol. The SMILES string of the molecule is Cc1cccc(C(=N)c2cccc(Br)n2)c1. The van der Waals surface area contributed by atoms with Crippen molar-refractivity contribution in [3.8, 4) is 0 Å². The van der Waals surface area contributed by atoms with Crippen molar-refractivity contribution in [2.24, 2.45) is 0 Å². The van der Waals surface area contributed by atoms with E-state index < -0.39 is 0 Å². The zero-order valence-corrected chi connectivity index (χ0v) is 10.5. The van der Waals surface area contributed by atoms with Crippen LogP contribution < -0.4 is 0 Å². The van der Waals surface area contributed by atoms with Gasteiger partial charge in [0.15, 0.2) is 0 Å². The van der Waals surface area contributed by atoms with Gasteiger partial charge in [0.05, 0.1) is 11.4 Å². The molecular weight excluding hydrogens is 264 g/mol. The van der Waals surface area contributed by atoms with Gasteiger partial charge in [0, 0.05) is 5.56 Å². The van der Waals surface area contributed by atoms with Crippen molar-refractivity contribution in [2.45, 2.75) is 6.92 Å². The van der Waals surface area contributed by atoms with Crippen LogP contribution in [0.5, 0.6) is 0 Å². The van der Waals surface area contributed by atoms with Crippen LogP contribution >= 0.6 is 15.9 Å². The minimum absolute atomic E-state index is 0.449. The lowest BCUT2D eigenvalue weighted by atomic mass is 10.0. The third kappa shape index (κ3) is 2.36. The van der Waals surface area contributed by atoms with Crippen molar-refractivity contribution < 1.29 is 0 Å². The molecule has 16 heavy (non-hydrogen) atoms. The van der Waals surface area contributed by atoms with Gasteiger partial charge >= 0.3 is 0 Å². The van der Waals surface area contributed by atoms with Crippen LogP contribution in [0, 0.1) is 12.3 Å². The van der Waals surface area contributed by atoms with Crippen molar-refractivity contribution in [1.82, 2.24) is 4.98 Å². The fraction of sp³-hybridized carbons (Fsp3) is 0.0769. The number of rotatable bonds is 2. The van der Waals surface area contributed by atoms with Crippen molar-refractivity contribution >= 4 is 21.6 Å². The molecule has 1 aromatic heterocycles. The lowest BCUT2D eigenvalue weighted by Crippen LogP contribution is -2.04. The van der Waals surface area contributed by atoms with Crippen LogP contribution in [-0.2, 0) is 0 Å². The summed E-state index contributed by atoms with van der Waals surface area (Å²) in [7, 11) is 0. The Balaban J connectivity index is 2.39. The molecule has 0 saturated carbocycles. The van der Waals surface area contributed by atoms with Crippen LogP contribution in [0.25, 0.3) is 0 Å². The van der Waals surface area contributed by atoms with Crippen LogP contribution in [-0.4, -0.2) is 10.7 Å². The molecule has 3 heteroatoms. The molecule has 0 fully saturated rings. The number of aryl methyl sites for hydroxylation is 1. The normalized spacial score (nSPS) is 10.1. The van der Waals surface area contributed by atoms with Gasteiger partial charge in [0.1, 0.15) is 4.60 Å². The lowest BCUT2D eigenvalue weighted by Gasteiger charge is -2.04. The van der Waals surface area contributed by atoms with Gasteiger partial charge in [-0.1, -0.05) is 29.8 Å². The van der Waals surface area contributed by atoms with Gasteiger partial charge in [-0.2, -0.15) is 0 Å². The minimum Gasteiger partial charge on any atom is -0.298 e. The molecule has 0 spiro atoms. The number of aromatic nitrogens is 1. The molecule has 0 atom stereocenters. The van der Waals surface area contributed by atoms with Crippen molar-refractivity contribution in [3.05, 3.63) is 63.9 Å². The lowest BCUT2D eigenvalue weighted by molar-refractivity contribution is 1.23. The smallest absolute Gasteiger partial charge is 0.106 e. The molecule has 0 radical (unpaired) electrons. The predicted octanol–water partition coefficient (Wildman–Crippen LogP) is 3.57. The monoisotopic (exact) mass is 274 g/mol. The average Bonchev–Trinajstić information content (AvgIpc) is 2.28. The highest BCUT2D eigenvalue weighted by molar-refractivity contribution is 9.10. The zero-order valence-electron chi connectivity index (χ0n) is 8.87. The number of halogens is 1. The molecule has 80 valence electrons. The van der Waals surface area contributed by atoms with Gasteiger partial charge in [0.2, 0.25) is 0 Å². The third-order valence-corrected chi connectivity index (χ3v) is 2.72. The summed E-state index contributed by atoms with van der Waals surface area (Å²) >= 11 is 3.31. The molecule has 0 aliphatic rings. The Bertz CT molecular complexity index is 487. The largest absolute Gasteiger partial charge is 0.298 e. The maximum atomic E-state index is 8.08. The molecule has 2 nitrogen and oxygen atoms in total. The fourth-order valence-corrected chi connectivity index (χ4v) is 1.84. The molecule has 0 unspecified atom stereocenters. The molecule has 0 aliphatic carbocycles. The zero-order chi connectivity index (χ0) is 11.5. The Morgan fingerprint density at radius 2 is 1.94 bits per heavy atom. The number of hydrogen-bond donors (Lipinski definition) is 1. The fourth-order valence-electron chi connectivity index (χ4n) is 1.50. The summed E-state index contributed by atoms with van der Waals surface area (Å²) in [6, 6.07) is 13.5. The van der Waals surface area contributed by atoms with Crippen molar-refractivity contribution in [1.29, 1.82) is 5.41 Å². The maximum absolute atomic E-state index is 8.08. The first kappa shape index (κ1) is 11.0. The van der Waals surface area contributed by atoms with Gasteiger partial charge in [0.25, 0.3) is 0 Å². The summed E-state index contributed by atoms with van der Waals surface area (Å²) in [4.78, 5) is 4.27. The quantitative estimate of drug-likeness (QED) is 0.660. The molecule has 2 rings (SSSR count). The van der Waals surface area contributed by atoms with Crippen LogP contribution in [0.15, 0.2) is 47.1 Å². The first-order valence-corrected chi connectivity index (χ1v) is 5.74. The standard InChI is InChI=1S/C13H11BrN2/c1-9-4-2-5-10(8-9)13(15)11-6-3-7-12(14)16-11/h2-8,15H,1H3.